The summed E-state index contributed by atoms with van der Waals surface area (Å²) in [6.07, 6.45) is 7.49. The van der Waals surface area contributed by atoms with E-state index in [9.17, 15) is 4.79 Å². The Morgan fingerprint density at radius 2 is 1.77 bits per heavy atom. The van der Waals surface area contributed by atoms with E-state index >= 15 is 0 Å². The minimum absolute atomic E-state index is 0.0149. The zero-order valence-electron chi connectivity index (χ0n) is 19.8. The molecule has 8 heteroatoms. The topological polar surface area (TPSA) is 94.3 Å². The number of hydrogen-bond donors (Lipinski definition) is 1. The van der Waals surface area contributed by atoms with E-state index in [1.165, 1.54) is 11.1 Å². The molecule has 0 radical (unpaired) electrons. The lowest BCUT2D eigenvalue weighted by atomic mass is 9.98. The van der Waals surface area contributed by atoms with Crippen LogP contribution in [0.15, 0.2) is 84.0 Å². The summed E-state index contributed by atoms with van der Waals surface area (Å²) >= 11 is 0. The summed E-state index contributed by atoms with van der Waals surface area (Å²) in [5, 5.41) is 14.2. The highest BCUT2D eigenvalue weighted by molar-refractivity contribution is 5.78. The van der Waals surface area contributed by atoms with Gasteiger partial charge in [0.1, 0.15) is 0 Å². The molecular formula is C27H27N7O. The lowest BCUT2D eigenvalue weighted by Gasteiger charge is -2.19. The molecule has 0 spiro atoms. The number of benzene rings is 2. The second-order valence-corrected chi connectivity index (χ2v) is 8.62. The van der Waals surface area contributed by atoms with Gasteiger partial charge in [0.05, 0.1) is 18.3 Å². The molecule has 1 N–H and O–H groups in total. The molecule has 0 amide bonds. The highest BCUT2D eigenvalue weighted by Crippen LogP contribution is 2.28. The van der Waals surface area contributed by atoms with Crippen molar-refractivity contribution in [3.63, 3.8) is 0 Å². The first-order valence-electron chi connectivity index (χ1n) is 11.8. The smallest absolute Gasteiger partial charge is 0.295 e. The third-order valence-electron chi connectivity index (χ3n) is 6.30. The molecule has 0 saturated heterocycles. The van der Waals surface area contributed by atoms with Gasteiger partial charge in [-0.2, -0.15) is 0 Å². The van der Waals surface area contributed by atoms with Crippen molar-refractivity contribution in [2.75, 3.05) is 0 Å². The van der Waals surface area contributed by atoms with Crippen LogP contribution >= 0.6 is 0 Å². The molecule has 3 heterocycles. The number of hydrogen-bond acceptors (Lipinski definition) is 5. The number of nitrogens with zero attached hydrogens (tertiary/aromatic N) is 6. The van der Waals surface area contributed by atoms with Gasteiger partial charge in [-0.1, -0.05) is 67.9 Å². The SMILES string of the molecule is CCCC(c1ccccc1C)n1ccn(Cc2ccc(-c3ccccc3-c3nnn[nH]3)nc2)c1=O. The quantitative estimate of drug-likeness (QED) is 0.360. The van der Waals surface area contributed by atoms with Gasteiger partial charge in [-0.25, -0.2) is 9.89 Å². The van der Waals surface area contributed by atoms with Crippen molar-refractivity contribution < 1.29 is 0 Å². The van der Waals surface area contributed by atoms with Crippen LogP contribution in [-0.2, 0) is 6.54 Å². The van der Waals surface area contributed by atoms with Gasteiger partial charge in [-0.05, 0) is 46.5 Å². The molecule has 3 aromatic heterocycles. The minimum atomic E-state index is -0.0149. The zero-order chi connectivity index (χ0) is 24.2. The van der Waals surface area contributed by atoms with Crippen LogP contribution in [0.2, 0.25) is 0 Å². The van der Waals surface area contributed by atoms with E-state index in [0.29, 0.717) is 12.4 Å². The molecule has 0 aliphatic heterocycles. The van der Waals surface area contributed by atoms with Crippen LogP contribution in [0.1, 0.15) is 42.5 Å². The molecule has 1 unspecified atom stereocenters. The van der Waals surface area contributed by atoms with E-state index < -0.39 is 0 Å². The Morgan fingerprint density at radius 1 is 0.971 bits per heavy atom. The summed E-state index contributed by atoms with van der Waals surface area (Å²) in [7, 11) is 0. The van der Waals surface area contributed by atoms with Crippen molar-refractivity contribution in [3.8, 4) is 22.6 Å². The normalized spacial score (nSPS) is 12.1. The van der Waals surface area contributed by atoms with Crippen LogP contribution < -0.4 is 5.69 Å². The molecule has 8 nitrogen and oxygen atoms in total. The maximum Gasteiger partial charge on any atom is 0.329 e. The van der Waals surface area contributed by atoms with E-state index in [4.69, 9.17) is 0 Å². The number of H-pyrrole nitrogens is 1. The van der Waals surface area contributed by atoms with Crippen molar-refractivity contribution in [2.24, 2.45) is 0 Å². The fraction of sp³-hybridized carbons (Fsp3) is 0.222. The van der Waals surface area contributed by atoms with Crippen molar-refractivity contribution in [1.82, 2.24) is 34.7 Å². The van der Waals surface area contributed by atoms with Crippen LogP contribution in [0.3, 0.4) is 0 Å². The fourth-order valence-corrected chi connectivity index (χ4v) is 4.52. The van der Waals surface area contributed by atoms with Gasteiger partial charge in [0.2, 0.25) is 0 Å². The summed E-state index contributed by atoms with van der Waals surface area (Å²) in [6, 6.07) is 20.1. The number of aromatic amines is 1. The average molecular weight is 466 g/mol. The Balaban J connectivity index is 1.40. The van der Waals surface area contributed by atoms with Gasteiger partial charge < -0.3 is 0 Å². The molecule has 0 aliphatic carbocycles. The minimum Gasteiger partial charge on any atom is -0.295 e. The van der Waals surface area contributed by atoms with E-state index in [2.05, 4.69) is 51.6 Å². The highest BCUT2D eigenvalue weighted by Gasteiger charge is 2.18. The van der Waals surface area contributed by atoms with Gasteiger partial charge >= 0.3 is 5.69 Å². The molecule has 1 atom stereocenters. The molecule has 35 heavy (non-hydrogen) atoms. The molecule has 0 aliphatic rings. The Bertz CT molecular complexity index is 1470. The Morgan fingerprint density at radius 3 is 2.49 bits per heavy atom. The predicted octanol–water partition coefficient (Wildman–Crippen LogP) is 4.64. The molecule has 5 aromatic rings. The van der Waals surface area contributed by atoms with E-state index in [0.717, 1.165) is 35.2 Å². The third kappa shape index (κ3) is 4.55. The first-order valence-corrected chi connectivity index (χ1v) is 11.8. The Hall–Kier alpha value is -4.33. The molecule has 5 rings (SSSR count). The van der Waals surface area contributed by atoms with Crippen LogP contribution in [-0.4, -0.2) is 34.7 Å². The van der Waals surface area contributed by atoms with Gasteiger partial charge in [-0.15, -0.1) is 5.10 Å². The second-order valence-electron chi connectivity index (χ2n) is 8.62. The molecule has 0 saturated carbocycles. The number of tetrazole rings is 1. The first kappa shape index (κ1) is 22.5. The third-order valence-corrected chi connectivity index (χ3v) is 6.30. The molecular weight excluding hydrogens is 438 g/mol. The van der Waals surface area contributed by atoms with Crippen LogP contribution in [0.5, 0.6) is 0 Å². The number of imidazole rings is 1. The lowest BCUT2D eigenvalue weighted by Crippen LogP contribution is -2.28. The fourth-order valence-electron chi connectivity index (χ4n) is 4.52. The monoisotopic (exact) mass is 465 g/mol. The summed E-state index contributed by atoms with van der Waals surface area (Å²) in [6.45, 7) is 4.71. The average Bonchev–Trinajstić information content (AvgIpc) is 3.55. The highest BCUT2D eigenvalue weighted by atomic mass is 16.1. The molecule has 176 valence electrons. The molecule has 0 fully saturated rings. The number of rotatable bonds is 8. The van der Waals surface area contributed by atoms with Crippen molar-refractivity contribution in [3.05, 3.63) is 106 Å². The van der Waals surface area contributed by atoms with Gasteiger partial charge in [0.15, 0.2) is 5.82 Å². The summed E-state index contributed by atoms with van der Waals surface area (Å²) in [5.74, 6) is 0.592. The first-order chi connectivity index (χ1) is 17.2. The summed E-state index contributed by atoms with van der Waals surface area (Å²) in [4.78, 5) is 18.0. The number of aryl methyl sites for hydroxylation is 1. The number of pyridine rings is 1. The van der Waals surface area contributed by atoms with E-state index in [1.54, 1.807) is 4.57 Å². The van der Waals surface area contributed by atoms with Crippen molar-refractivity contribution in [1.29, 1.82) is 0 Å². The second kappa shape index (κ2) is 9.89. The standard InChI is InChI=1S/C27H27N7O/c1-3-8-25(21-10-5-4-9-19(21)2)34-16-15-33(27(34)35)18-20-13-14-24(28-17-20)22-11-6-7-12-23(22)26-29-31-32-30-26/h4-7,9-17,25H,3,8,18H2,1-2H3,(H,29,30,31,32). The number of aromatic nitrogens is 7. The maximum absolute atomic E-state index is 13.3. The van der Waals surface area contributed by atoms with E-state index in [1.807, 2.05) is 71.7 Å². The van der Waals surface area contributed by atoms with Crippen LogP contribution in [0.25, 0.3) is 22.6 Å². The largest absolute Gasteiger partial charge is 0.329 e. The lowest BCUT2D eigenvalue weighted by molar-refractivity contribution is 0.507. The summed E-state index contributed by atoms with van der Waals surface area (Å²) < 4.78 is 3.60. The number of nitrogens with one attached hydrogen (secondary N) is 1. The van der Waals surface area contributed by atoms with Gasteiger partial charge in [0, 0.05) is 29.7 Å². The molecule has 2 aromatic carbocycles. The van der Waals surface area contributed by atoms with E-state index in [-0.39, 0.29) is 11.7 Å². The van der Waals surface area contributed by atoms with Crippen LogP contribution in [0.4, 0.5) is 0 Å². The molecule has 0 bridgehead atoms. The van der Waals surface area contributed by atoms with Crippen molar-refractivity contribution >= 4 is 0 Å². The maximum atomic E-state index is 13.3. The Kier molecular flexibility index (Phi) is 6.34. The predicted molar refractivity (Wildman–Crippen MR) is 135 cm³/mol. The summed E-state index contributed by atoms with van der Waals surface area (Å²) in [5.41, 5.74) is 5.96. The van der Waals surface area contributed by atoms with Crippen LogP contribution in [0, 0.1) is 6.92 Å². The van der Waals surface area contributed by atoms with Gasteiger partial charge in [-0.3, -0.25) is 14.1 Å². The van der Waals surface area contributed by atoms with Gasteiger partial charge in [0.25, 0.3) is 0 Å². The Labute approximate surface area is 203 Å². The van der Waals surface area contributed by atoms with Crippen molar-refractivity contribution in [2.45, 2.75) is 39.3 Å². The zero-order valence-corrected chi connectivity index (χ0v) is 19.8.